The molecule has 1 heterocycles. The fourth-order valence-corrected chi connectivity index (χ4v) is 2.33. The average Bonchev–Trinajstić information content (AvgIpc) is 2.98. The second-order valence-electron chi connectivity index (χ2n) is 4.55. The minimum Gasteiger partial charge on any atom is -0.497 e. The van der Waals surface area contributed by atoms with Gasteiger partial charge in [-0.2, -0.15) is 0 Å². The Kier molecular flexibility index (Phi) is 3.36. The molecule has 2 aromatic carbocycles. The van der Waals surface area contributed by atoms with E-state index in [1.165, 1.54) is 7.11 Å². The molecule has 106 valence electrons. The fourth-order valence-electron chi connectivity index (χ4n) is 2.33. The lowest BCUT2D eigenvalue weighted by Crippen LogP contribution is -1.90. The van der Waals surface area contributed by atoms with Gasteiger partial charge in [0.15, 0.2) is 6.29 Å². The number of rotatable bonds is 4. The molecule has 0 aliphatic heterocycles. The van der Waals surface area contributed by atoms with Gasteiger partial charge in [-0.25, -0.2) is 0 Å². The van der Waals surface area contributed by atoms with Crippen LogP contribution in [-0.4, -0.2) is 20.5 Å². The van der Waals surface area contributed by atoms with E-state index in [0.717, 1.165) is 23.0 Å². The van der Waals surface area contributed by atoms with Gasteiger partial charge in [0.1, 0.15) is 22.8 Å². The van der Waals surface area contributed by atoms with E-state index in [2.05, 4.69) is 0 Å². The van der Waals surface area contributed by atoms with E-state index in [0.29, 0.717) is 22.7 Å². The van der Waals surface area contributed by atoms with Gasteiger partial charge in [-0.3, -0.25) is 4.79 Å². The zero-order valence-electron chi connectivity index (χ0n) is 11.8. The highest BCUT2D eigenvalue weighted by atomic mass is 16.5. The van der Waals surface area contributed by atoms with Gasteiger partial charge in [0.05, 0.1) is 19.8 Å². The second-order valence-corrected chi connectivity index (χ2v) is 4.55. The van der Waals surface area contributed by atoms with Crippen LogP contribution in [0.1, 0.15) is 10.4 Å². The van der Waals surface area contributed by atoms with E-state index < -0.39 is 0 Å². The first kappa shape index (κ1) is 13.2. The van der Waals surface area contributed by atoms with E-state index in [1.807, 2.05) is 30.3 Å². The molecule has 0 fully saturated rings. The van der Waals surface area contributed by atoms with Crippen LogP contribution in [0, 0.1) is 0 Å². The molecule has 1 aromatic heterocycles. The third-order valence-corrected chi connectivity index (χ3v) is 3.39. The van der Waals surface area contributed by atoms with Crippen LogP contribution in [0.2, 0.25) is 0 Å². The van der Waals surface area contributed by atoms with Gasteiger partial charge < -0.3 is 13.9 Å². The summed E-state index contributed by atoms with van der Waals surface area (Å²) < 4.78 is 16.2. The number of carbonyl (C=O) groups is 1. The van der Waals surface area contributed by atoms with Crippen molar-refractivity contribution in [3.05, 3.63) is 48.0 Å². The summed E-state index contributed by atoms with van der Waals surface area (Å²) in [5.41, 5.74) is 2.03. The van der Waals surface area contributed by atoms with E-state index >= 15 is 0 Å². The third-order valence-electron chi connectivity index (χ3n) is 3.39. The molecule has 0 atom stereocenters. The number of ether oxygens (including phenoxy) is 2. The molecule has 3 aromatic rings. The van der Waals surface area contributed by atoms with Crippen molar-refractivity contribution in [3.8, 4) is 22.8 Å². The van der Waals surface area contributed by atoms with Crippen LogP contribution >= 0.6 is 0 Å². The number of hydrogen-bond donors (Lipinski definition) is 0. The summed E-state index contributed by atoms with van der Waals surface area (Å²) in [5, 5.41) is 0.738. The Labute approximate surface area is 121 Å². The van der Waals surface area contributed by atoms with Crippen molar-refractivity contribution in [3.63, 3.8) is 0 Å². The Bertz CT molecular complexity index is 802. The highest BCUT2D eigenvalue weighted by molar-refractivity contribution is 6.00. The summed E-state index contributed by atoms with van der Waals surface area (Å²) in [6.45, 7) is 0. The number of methoxy groups -OCH3 is 2. The van der Waals surface area contributed by atoms with Crippen molar-refractivity contribution < 1.29 is 18.7 Å². The number of benzene rings is 2. The summed E-state index contributed by atoms with van der Waals surface area (Å²) in [6, 6.07) is 12.9. The van der Waals surface area contributed by atoms with Gasteiger partial charge in [0.2, 0.25) is 0 Å². The first-order valence-electron chi connectivity index (χ1n) is 6.47. The summed E-state index contributed by atoms with van der Waals surface area (Å²) in [7, 11) is 3.16. The molecule has 0 unspecified atom stereocenters. The monoisotopic (exact) mass is 282 g/mol. The van der Waals surface area contributed by atoms with E-state index in [4.69, 9.17) is 13.9 Å². The van der Waals surface area contributed by atoms with Gasteiger partial charge in [0.25, 0.3) is 0 Å². The van der Waals surface area contributed by atoms with E-state index in [-0.39, 0.29) is 0 Å². The van der Waals surface area contributed by atoms with Gasteiger partial charge in [-0.15, -0.1) is 0 Å². The second kappa shape index (κ2) is 5.32. The molecule has 3 rings (SSSR count). The van der Waals surface area contributed by atoms with Crippen LogP contribution < -0.4 is 9.47 Å². The van der Waals surface area contributed by atoms with Crippen molar-refractivity contribution in [2.75, 3.05) is 14.2 Å². The Morgan fingerprint density at radius 2 is 1.90 bits per heavy atom. The highest BCUT2D eigenvalue weighted by Crippen LogP contribution is 2.34. The topological polar surface area (TPSA) is 48.7 Å². The molecule has 0 saturated carbocycles. The number of carbonyl (C=O) groups excluding carboxylic acids is 1. The predicted octanol–water partition coefficient (Wildman–Crippen LogP) is 3.93. The lowest BCUT2D eigenvalue weighted by atomic mass is 10.1. The molecule has 0 N–H and O–H groups in total. The summed E-state index contributed by atoms with van der Waals surface area (Å²) >= 11 is 0. The standard InChI is InChI=1S/C17H14O4/c1-19-12-5-3-4-11(8-12)17-9-13-14(10-18)15(20-2)6-7-16(13)21-17/h3-10H,1-2H3. The third kappa shape index (κ3) is 2.25. The maximum absolute atomic E-state index is 11.3. The van der Waals surface area contributed by atoms with Gasteiger partial charge in [-0.1, -0.05) is 12.1 Å². The molecule has 0 radical (unpaired) electrons. The quantitative estimate of drug-likeness (QED) is 0.680. The maximum Gasteiger partial charge on any atom is 0.154 e. The predicted molar refractivity (Wildman–Crippen MR) is 80.1 cm³/mol. The molecule has 0 bridgehead atoms. The number of furan rings is 1. The number of fused-ring (bicyclic) bond motifs is 1. The van der Waals surface area contributed by atoms with Crippen LogP contribution in [0.3, 0.4) is 0 Å². The van der Waals surface area contributed by atoms with Crippen molar-refractivity contribution in [2.45, 2.75) is 0 Å². The first-order chi connectivity index (χ1) is 10.3. The molecule has 0 spiro atoms. The zero-order valence-corrected chi connectivity index (χ0v) is 11.8. The SMILES string of the molecule is COc1cccc(-c2cc3c(C=O)c(OC)ccc3o2)c1. The molecule has 21 heavy (non-hydrogen) atoms. The molecule has 0 amide bonds. The summed E-state index contributed by atoms with van der Waals surface area (Å²) in [6.07, 6.45) is 0.784. The molecule has 0 aliphatic rings. The van der Waals surface area contributed by atoms with E-state index in [1.54, 1.807) is 19.2 Å². The van der Waals surface area contributed by atoms with Crippen LogP contribution in [-0.2, 0) is 0 Å². The van der Waals surface area contributed by atoms with E-state index in [9.17, 15) is 4.79 Å². The van der Waals surface area contributed by atoms with Gasteiger partial charge in [-0.05, 0) is 30.3 Å². The molecule has 0 aliphatic carbocycles. The largest absolute Gasteiger partial charge is 0.497 e. The van der Waals surface area contributed by atoms with Crippen LogP contribution in [0.4, 0.5) is 0 Å². The molecule has 0 saturated heterocycles. The number of aldehydes is 1. The van der Waals surface area contributed by atoms with Crippen molar-refractivity contribution in [1.82, 2.24) is 0 Å². The summed E-state index contributed by atoms with van der Waals surface area (Å²) in [5.74, 6) is 1.97. The minimum absolute atomic E-state index is 0.493. The molecular formula is C17H14O4. The lowest BCUT2D eigenvalue weighted by molar-refractivity contribution is 0.112. The Hall–Kier alpha value is -2.75. The molecular weight excluding hydrogens is 268 g/mol. The van der Waals surface area contributed by atoms with Gasteiger partial charge in [0, 0.05) is 10.9 Å². The molecule has 4 nitrogen and oxygen atoms in total. The smallest absolute Gasteiger partial charge is 0.154 e. The van der Waals surface area contributed by atoms with Crippen molar-refractivity contribution in [2.24, 2.45) is 0 Å². The number of hydrogen-bond acceptors (Lipinski definition) is 4. The van der Waals surface area contributed by atoms with Gasteiger partial charge >= 0.3 is 0 Å². The highest BCUT2D eigenvalue weighted by Gasteiger charge is 2.13. The van der Waals surface area contributed by atoms with Crippen molar-refractivity contribution in [1.29, 1.82) is 0 Å². The lowest BCUT2D eigenvalue weighted by Gasteiger charge is -2.02. The Morgan fingerprint density at radius 3 is 2.62 bits per heavy atom. The fraction of sp³-hybridized carbons (Fsp3) is 0.118. The molecule has 4 heteroatoms. The van der Waals surface area contributed by atoms with Crippen LogP contribution in [0.5, 0.6) is 11.5 Å². The zero-order chi connectivity index (χ0) is 14.8. The Morgan fingerprint density at radius 1 is 1.05 bits per heavy atom. The first-order valence-corrected chi connectivity index (χ1v) is 6.47. The average molecular weight is 282 g/mol. The normalized spacial score (nSPS) is 10.6. The Balaban J connectivity index is 2.18. The van der Waals surface area contributed by atoms with Crippen molar-refractivity contribution >= 4 is 17.3 Å². The minimum atomic E-state index is 0.493. The summed E-state index contributed by atoms with van der Waals surface area (Å²) in [4.78, 5) is 11.3. The maximum atomic E-state index is 11.3. The van der Waals surface area contributed by atoms with Crippen LogP contribution in [0.25, 0.3) is 22.3 Å². The van der Waals surface area contributed by atoms with Crippen LogP contribution in [0.15, 0.2) is 46.9 Å².